The number of nitrogens with one attached hydrogen (secondary N) is 1. The molecule has 1 N–H and O–H groups in total. The van der Waals surface area contributed by atoms with E-state index in [0.717, 1.165) is 42.5 Å². The average molecular weight is 258 g/mol. The molecule has 0 bridgehead atoms. The van der Waals surface area contributed by atoms with Crippen LogP contribution in [0.1, 0.15) is 17.7 Å². The third-order valence-corrected chi connectivity index (χ3v) is 4.05. The molecule has 0 saturated carbocycles. The lowest BCUT2D eigenvalue weighted by Gasteiger charge is -2.31. The van der Waals surface area contributed by atoms with E-state index < -0.39 is 0 Å². The van der Waals surface area contributed by atoms with Crippen molar-refractivity contribution in [2.45, 2.75) is 25.8 Å². The molecule has 2 atom stereocenters. The van der Waals surface area contributed by atoms with Gasteiger partial charge in [-0.15, -0.1) is 0 Å². The number of aromatic nitrogens is 2. The van der Waals surface area contributed by atoms with Crippen molar-refractivity contribution in [3.05, 3.63) is 16.4 Å². The molecular formula is C12H20ClN3O. The van der Waals surface area contributed by atoms with Crippen molar-refractivity contribution in [3.63, 3.8) is 0 Å². The SMILES string of the molecule is CNC1CCOCC1Cc1c(C)nn(C)c1Cl. The molecule has 17 heavy (non-hydrogen) atoms. The first-order valence-corrected chi connectivity index (χ1v) is 6.44. The van der Waals surface area contributed by atoms with Gasteiger partial charge in [-0.2, -0.15) is 5.10 Å². The zero-order valence-electron chi connectivity index (χ0n) is 10.7. The smallest absolute Gasteiger partial charge is 0.130 e. The van der Waals surface area contributed by atoms with Crippen molar-refractivity contribution < 1.29 is 4.74 Å². The summed E-state index contributed by atoms with van der Waals surface area (Å²) < 4.78 is 7.30. The standard InChI is InChI=1S/C12H20ClN3O/c1-8-10(12(13)16(3)15-8)6-9-7-17-5-4-11(9)14-2/h9,11,14H,4-7H2,1-3H3. The van der Waals surface area contributed by atoms with Gasteiger partial charge in [0.1, 0.15) is 5.15 Å². The van der Waals surface area contributed by atoms with Crippen LogP contribution in [0.15, 0.2) is 0 Å². The first-order chi connectivity index (χ1) is 8.13. The number of nitrogens with zero attached hydrogens (tertiary/aromatic N) is 2. The predicted molar refractivity (Wildman–Crippen MR) is 68.4 cm³/mol. The normalized spacial score (nSPS) is 25.2. The van der Waals surface area contributed by atoms with Gasteiger partial charge in [0.05, 0.1) is 12.3 Å². The van der Waals surface area contributed by atoms with Crippen LogP contribution in [-0.4, -0.2) is 36.1 Å². The van der Waals surface area contributed by atoms with Crippen LogP contribution < -0.4 is 5.32 Å². The van der Waals surface area contributed by atoms with Crippen LogP contribution in [0.2, 0.25) is 5.15 Å². The van der Waals surface area contributed by atoms with E-state index in [-0.39, 0.29) is 0 Å². The molecule has 1 fully saturated rings. The van der Waals surface area contributed by atoms with Crippen molar-refractivity contribution in [3.8, 4) is 0 Å². The number of aryl methyl sites for hydroxylation is 2. The molecule has 0 spiro atoms. The van der Waals surface area contributed by atoms with E-state index in [2.05, 4.69) is 10.4 Å². The van der Waals surface area contributed by atoms with E-state index in [1.165, 1.54) is 0 Å². The summed E-state index contributed by atoms with van der Waals surface area (Å²) in [6.07, 6.45) is 2.00. The van der Waals surface area contributed by atoms with Gasteiger partial charge in [0.2, 0.25) is 0 Å². The molecule has 1 aromatic rings. The fraction of sp³-hybridized carbons (Fsp3) is 0.750. The monoisotopic (exact) mass is 257 g/mol. The van der Waals surface area contributed by atoms with E-state index >= 15 is 0 Å². The lowest BCUT2D eigenvalue weighted by Crippen LogP contribution is -2.42. The lowest BCUT2D eigenvalue weighted by atomic mass is 9.90. The molecule has 1 saturated heterocycles. The summed E-state index contributed by atoms with van der Waals surface area (Å²) in [5.41, 5.74) is 2.18. The largest absolute Gasteiger partial charge is 0.381 e. The summed E-state index contributed by atoms with van der Waals surface area (Å²) in [5.74, 6) is 0.481. The molecular weight excluding hydrogens is 238 g/mol. The van der Waals surface area contributed by atoms with Crippen molar-refractivity contribution in [2.75, 3.05) is 20.3 Å². The average Bonchev–Trinajstić information content (AvgIpc) is 2.57. The van der Waals surface area contributed by atoms with Gasteiger partial charge >= 0.3 is 0 Å². The van der Waals surface area contributed by atoms with Crippen LogP contribution in [0.25, 0.3) is 0 Å². The quantitative estimate of drug-likeness (QED) is 0.893. The number of hydrogen-bond donors (Lipinski definition) is 1. The molecule has 1 aliphatic heterocycles. The van der Waals surface area contributed by atoms with Gasteiger partial charge in [0, 0.05) is 31.2 Å². The minimum atomic E-state index is 0.481. The Labute approximate surface area is 107 Å². The second-order valence-corrected chi connectivity index (χ2v) is 5.06. The van der Waals surface area contributed by atoms with Crippen molar-refractivity contribution in [2.24, 2.45) is 13.0 Å². The highest BCUT2D eigenvalue weighted by Gasteiger charge is 2.26. The highest BCUT2D eigenvalue weighted by Crippen LogP contribution is 2.26. The van der Waals surface area contributed by atoms with Crippen molar-refractivity contribution in [1.29, 1.82) is 0 Å². The van der Waals surface area contributed by atoms with Gasteiger partial charge in [0.15, 0.2) is 0 Å². The van der Waals surface area contributed by atoms with Crippen LogP contribution in [0, 0.1) is 12.8 Å². The van der Waals surface area contributed by atoms with Crippen LogP contribution in [0.4, 0.5) is 0 Å². The predicted octanol–water partition coefficient (Wildman–Crippen LogP) is 1.55. The van der Waals surface area contributed by atoms with E-state index in [0.29, 0.717) is 12.0 Å². The lowest BCUT2D eigenvalue weighted by molar-refractivity contribution is 0.0342. The van der Waals surface area contributed by atoms with Crippen molar-refractivity contribution >= 4 is 11.6 Å². The number of rotatable bonds is 3. The Morgan fingerprint density at radius 2 is 2.35 bits per heavy atom. The maximum Gasteiger partial charge on any atom is 0.130 e. The topological polar surface area (TPSA) is 39.1 Å². The summed E-state index contributed by atoms with van der Waals surface area (Å²) >= 11 is 6.26. The van der Waals surface area contributed by atoms with E-state index in [1.54, 1.807) is 4.68 Å². The second-order valence-electron chi connectivity index (χ2n) is 4.70. The molecule has 5 heteroatoms. The Balaban J connectivity index is 2.13. The minimum absolute atomic E-state index is 0.481. The Morgan fingerprint density at radius 1 is 1.59 bits per heavy atom. The third-order valence-electron chi connectivity index (χ3n) is 3.58. The maximum absolute atomic E-state index is 6.26. The van der Waals surface area contributed by atoms with E-state index in [9.17, 15) is 0 Å². The maximum atomic E-state index is 6.26. The van der Waals surface area contributed by atoms with E-state index in [4.69, 9.17) is 16.3 Å². The Hall–Kier alpha value is -0.580. The third kappa shape index (κ3) is 2.64. The molecule has 0 aliphatic carbocycles. The Morgan fingerprint density at radius 3 is 2.94 bits per heavy atom. The molecule has 2 unspecified atom stereocenters. The molecule has 96 valence electrons. The number of hydrogen-bond acceptors (Lipinski definition) is 3. The van der Waals surface area contributed by atoms with Crippen LogP contribution in [0.5, 0.6) is 0 Å². The first kappa shape index (κ1) is 12.9. The van der Waals surface area contributed by atoms with Gasteiger partial charge < -0.3 is 10.1 Å². The van der Waals surface area contributed by atoms with Gasteiger partial charge in [0.25, 0.3) is 0 Å². The highest BCUT2D eigenvalue weighted by atomic mass is 35.5. The summed E-state index contributed by atoms with van der Waals surface area (Å²) in [7, 11) is 3.90. The Kier molecular flexibility index (Phi) is 4.07. The summed E-state index contributed by atoms with van der Waals surface area (Å²) in [4.78, 5) is 0. The van der Waals surface area contributed by atoms with Gasteiger partial charge in [-0.25, -0.2) is 0 Å². The minimum Gasteiger partial charge on any atom is -0.381 e. The fourth-order valence-electron chi connectivity index (χ4n) is 2.55. The second kappa shape index (κ2) is 5.38. The summed E-state index contributed by atoms with van der Waals surface area (Å²) in [6.45, 7) is 3.66. The first-order valence-electron chi connectivity index (χ1n) is 6.06. The summed E-state index contributed by atoms with van der Waals surface area (Å²) in [5, 5.41) is 8.47. The van der Waals surface area contributed by atoms with Gasteiger partial charge in [-0.1, -0.05) is 11.6 Å². The van der Waals surface area contributed by atoms with Crippen LogP contribution >= 0.6 is 11.6 Å². The Bertz CT molecular complexity index is 391. The van der Waals surface area contributed by atoms with Crippen LogP contribution in [0.3, 0.4) is 0 Å². The molecule has 0 amide bonds. The number of ether oxygens (including phenoxy) is 1. The molecule has 1 aliphatic rings. The van der Waals surface area contributed by atoms with Gasteiger partial charge in [-0.05, 0) is 26.8 Å². The highest BCUT2D eigenvalue weighted by molar-refractivity contribution is 6.30. The fourth-order valence-corrected chi connectivity index (χ4v) is 2.80. The zero-order chi connectivity index (χ0) is 12.4. The number of halogens is 1. The molecule has 0 aromatic carbocycles. The van der Waals surface area contributed by atoms with Crippen LogP contribution in [-0.2, 0) is 18.2 Å². The van der Waals surface area contributed by atoms with Crippen molar-refractivity contribution in [1.82, 2.24) is 15.1 Å². The molecule has 0 radical (unpaired) electrons. The van der Waals surface area contributed by atoms with E-state index in [1.807, 2.05) is 21.0 Å². The summed E-state index contributed by atoms with van der Waals surface area (Å²) in [6, 6.07) is 0.513. The molecule has 2 rings (SSSR count). The molecule has 2 heterocycles. The van der Waals surface area contributed by atoms with Gasteiger partial charge in [-0.3, -0.25) is 4.68 Å². The molecule has 4 nitrogen and oxygen atoms in total. The molecule has 1 aromatic heterocycles. The zero-order valence-corrected chi connectivity index (χ0v) is 11.4.